The number of aryl methyl sites for hydroxylation is 1. The summed E-state index contributed by atoms with van der Waals surface area (Å²) in [4.78, 5) is 16.7. The molecule has 0 spiro atoms. The molecule has 1 heterocycles. The molecule has 3 rings (SSSR count). The topological polar surface area (TPSA) is 34.9 Å². The first-order chi connectivity index (χ1) is 10.7. The molecule has 1 aromatic heterocycles. The molecule has 4 heteroatoms. The number of benzene rings is 2. The van der Waals surface area contributed by atoms with Crippen LogP contribution in [-0.4, -0.2) is 15.3 Å². The van der Waals surface area contributed by atoms with Gasteiger partial charge in [0.05, 0.1) is 5.56 Å². The van der Waals surface area contributed by atoms with E-state index in [2.05, 4.69) is 4.98 Å². The minimum Gasteiger partial charge on any atom is -0.324 e. The minimum atomic E-state index is -0.484. The lowest BCUT2D eigenvalue weighted by molar-refractivity contribution is 0.102. The lowest BCUT2D eigenvalue weighted by Crippen LogP contribution is -2.13. The van der Waals surface area contributed by atoms with Gasteiger partial charge in [-0.25, -0.2) is 9.37 Å². The van der Waals surface area contributed by atoms with Crippen molar-refractivity contribution in [3.8, 4) is 0 Å². The van der Waals surface area contributed by atoms with Crippen LogP contribution in [0.1, 0.15) is 27.3 Å². The number of nitrogens with zero attached hydrogens (tertiary/aromatic N) is 2. The van der Waals surface area contributed by atoms with Crippen molar-refractivity contribution in [1.29, 1.82) is 0 Å². The molecule has 0 aliphatic rings. The molecule has 0 saturated carbocycles. The van der Waals surface area contributed by atoms with E-state index in [1.54, 1.807) is 36.0 Å². The Morgan fingerprint density at radius 2 is 1.91 bits per heavy atom. The van der Waals surface area contributed by atoms with Gasteiger partial charge in [0.15, 0.2) is 5.82 Å². The molecule has 0 saturated heterocycles. The van der Waals surface area contributed by atoms with Crippen molar-refractivity contribution in [2.75, 3.05) is 0 Å². The van der Waals surface area contributed by atoms with Crippen LogP contribution in [0.4, 0.5) is 4.39 Å². The minimum absolute atomic E-state index is 0.0560. The van der Waals surface area contributed by atoms with Crippen LogP contribution < -0.4 is 0 Å². The van der Waals surface area contributed by atoms with Crippen LogP contribution in [0.15, 0.2) is 60.9 Å². The molecule has 0 aliphatic heterocycles. The van der Waals surface area contributed by atoms with Crippen molar-refractivity contribution in [3.63, 3.8) is 0 Å². The first-order valence-electron chi connectivity index (χ1n) is 7.01. The van der Waals surface area contributed by atoms with Crippen molar-refractivity contribution in [1.82, 2.24) is 9.55 Å². The summed E-state index contributed by atoms with van der Waals surface area (Å²) in [6.07, 6.45) is 3.29. The van der Waals surface area contributed by atoms with Gasteiger partial charge < -0.3 is 4.57 Å². The van der Waals surface area contributed by atoms with Crippen LogP contribution in [0, 0.1) is 12.7 Å². The smallest absolute Gasteiger partial charge is 0.231 e. The molecule has 3 aromatic rings. The zero-order valence-corrected chi connectivity index (χ0v) is 12.2. The Morgan fingerprint density at radius 1 is 1.14 bits per heavy atom. The van der Waals surface area contributed by atoms with Crippen molar-refractivity contribution in [3.05, 3.63) is 89.3 Å². The van der Waals surface area contributed by atoms with Crippen molar-refractivity contribution < 1.29 is 9.18 Å². The molecule has 2 aromatic carbocycles. The fraction of sp³-hybridized carbons (Fsp3) is 0.111. The standard InChI is InChI=1S/C18H15FN2O/c1-13-6-5-9-15(16(13)19)17(22)18-20-10-11-21(18)12-14-7-3-2-4-8-14/h2-11H,12H2,1H3. The van der Waals surface area contributed by atoms with Crippen molar-refractivity contribution >= 4 is 5.78 Å². The maximum Gasteiger partial charge on any atom is 0.231 e. The normalized spacial score (nSPS) is 10.6. The zero-order chi connectivity index (χ0) is 15.5. The molecule has 0 radical (unpaired) electrons. The quantitative estimate of drug-likeness (QED) is 0.689. The van der Waals surface area contributed by atoms with Crippen LogP contribution in [-0.2, 0) is 6.54 Å². The molecule has 0 unspecified atom stereocenters. The first kappa shape index (κ1) is 14.2. The number of hydrogen-bond donors (Lipinski definition) is 0. The highest BCUT2D eigenvalue weighted by atomic mass is 19.1. The summed E-state index contributed by atoms with van der Waals surface area (Å²) in [6.45, 7) is 2.16. The summed E-state index contributed by atoms with van der Waals surface area (Å²) >= 11 is 0. The van der Waals surface area contributed by atoms with E-state index in [1.807, 2.05) is 30.3 Å². The molecule has 0 bridgehead atoms. The Labute approximate surface area is 128 Å². The summed E-state index contributed by atoms with van der Waals surface area (Å²) < 4.78 is 15.9. The van der Waals surface area contributed by atoms with E-state index >= 15 is 0 Å². The predicted molar refractivity (Wildman–Crippen MR) is 82.3 cm³/mol. The Kier molecular flexibility index (Phi) is 3.83. The summed E-state index contributed by atoms with van der Waals surface area (Å²) in [5, 5.41) is 0. The Balaban J connectivity index is 1.95. The second kappa shape index (κ2) is 5.93. The maximum absolute atomic E-state index is 14.1. The summed E-state index contributed by atoms with van der Waals surface area (Å²) in [5.74, 6) is -0.641. The maximum atomic E-state index is 14.1. The number of hydrogen-bond acceptors (Lipinski definition) is 2. The third-order valence-electron chi connectivity index (χ3n) is 3.55. The third kappa shape index (κ3) is 2.68. The van der Waals surface area contributed by atoms with Crippen LogP contribution in [0.25, 0.3) is 0 Å². The van der Waals surface area contributed by atoms with Gasteiger partial charge in [0.2, 0.25) is 5.78 Å². The Morgan fingerprint density at radius 3 is 2.68 bits per heavy atom. The lowest BCUT2D eigenvalue weighted by atomic mass is 10.1. The van der Waals surface area contributed by atoms with E-state index in [-0.39, 0.29) is 11.4 Å². The number of halogens is 1. The van der Waals surface area contributed by atoms with Gasteiger partial charge in [-0.1, -0.05) is 42.5 Å². The summed E-state index contributed by atoms with van der Waals surface area (Å²) in [7, 11) is 0. The molecular weight excluding hydrogens is 279 g/mol. The number of imidazole rings is 1. The molecule has 22 heavy (non-hydrogen) atoms. The zero-order valence-electron chi connectivity index (χ0n) is 12.2. The average molecular weight is 294 g/mol. The predicted octanol–water partition coefficient (Wildman–Crippen LogP) is 3.61. The van der Waals surface area contributed by atoms with Gasteiger partial charge in [-0.3, -0.25) is 4.79 Å². The number of carbonyl (C=O) groups excluding carboxylic acids is 1. The van der Waals surface area contributed by atoms with Gasteiger partial charge >= 0.3 is 0 Å². The average Bonchev–Trinajstić information content (AvgIpc) is 2.98. The Hall–Kier alpha value is -2.75. The SMILES string of the molecule is Cc1cccc(C(=O)c2nccn2Cc2ccccc2)c1F. The molecule has 3 nitrogen and oxygen atoms in total. The number of rotatable bonds is 4. The van der Waals surface area contributed by atoms with E-state index in [4.69, 9.17) is 0 Å². The highest BCUT2D eigenvalue weighted by Crippen LogP contribution is 2.16. The van der Waals surface area contributed by atoms with Gasteiger partial charge in [-0.05, 0) is 24.1 Å². The van der Waals surface area contributed by atoms with Crippen LogP contribution in [0.2, 0.25) is 0 Å². The van der Waals surface area contributed by atoms with Crippen LogP contribution in [0.5, 0.6) is 0 Å². The number of ketones is 1. The van der Waals surface area contributed by atoms with Gasteiger partial charge in [0.25, 0.3) is 0 Å². The Bertz CT molecular complexity index is 809. The highest BCUT2D eigenvalue weighted by Gasteiger charge is 2.19. The van der Waals surface area contributed by atoms with Gasteiger partial charge in [0, 0.05) is 18.9 Å². The monoisotopic (exact) mass is 294 g/mol. The van der Waals surface area contributed by atoms with Gasteiger partial charge in [-0.15, -0.1) is 0 Å². The van der Waals surface area contributed by atoms with E-state index in [0.717, 1.165) is 5.56 Å². The van der Waals surface area contributed by atoms with Crippen molar-refractivity contribution in [2.45, 2.75) is 13.5 Å². The molecular formula is C18H15FN2O. The summed E-state index contributed by atoms with van der Waals surface area (Å²) in [5.41, 5.74) is 1.56. The molecule has 110 valence electrons. The lowest BCUT2D eigenvalue weighted by Gasteiger charge is -2.08. The fourth-order valence-corrected chi connectivity index (χ4v) is 2.37. The highest BCUT2D eigenvalue weighted by molar-refractivity contribution is 6.07. The third-order valence-corrected chi connectivity index (χ3v) is 3.55. The number of aromatic nitrogens is 2. The second-order valence-electron chi connectivity index (χ2n) is 5.13. The van der Waals surface area contributed by atoms with Gasteiger partial charge in [-0.2, -0.15) is 0 Å². The second-order valence-corrected chi connectivity index (χ2v) is 5.13. The molecule has 0 aliphatic carbocycles. The van der Waals surface area contributed by atoms with Crippen LogP contribution in [0.3, 0.4) is 0 Å². The number of carbonyl (C=O) groups is 1. The first-order valence-corrected chi connectivity index (χ1v) is 7.01. The van der Waals surface area contributed by atoms with Crippen molar-refractivity contribution in [2.24, 2.45) is 0 Å². The fourth-order valence-electron chi connectivity index (χ4n) is 2.37. The van der Waals surface area contributed by atoms with E-state index in [1.165, 1.54) is 6.07 Å². The van der Waals surface area contributed by atoms with E-state index < -0.39 is 11.6 Å². The van der Waals surface area contributed by atoms with E-state index in [0.29, 0.717) is 12.1 Å². The summed E-state index contributed by atoms with van der Waals surface area (Å²) in [6, 6.07) is 14.6. The molecule has 0 atom stereocenters. The molecule has 0 N–H and O–H groups in total. The van der Waals surface area contributed by atoms with E-state index in [9.17, 15) is 9.18 Å². The van der Waals surface area contributed by atoms with Gasteiger partial charge in [0.1, 0.15) is 5.82 Å². The van der Waals surface area contributed by atoms with Crippen LogP contribution >= 0.6 is 0 Å². The molecule has 0 amide bonds. The molecule has 0 fully saturated rings. The largest absolute Gasteiger partial charge is 0.324 e.